The molecule has 1 aliphatic heterocycles. The van der Waals surface area contributed by atoms with E-state index in [0.29, 0.717) is 6.42 Å². The molecule has 0 radical (unpaired) electrons. The standard InChI is InChI=1S/C54H101NO8/c1-3-5-7-9-11-13-15-16-17-18-19-20-21-22-23-24-25-26-27-28-29-30-31-32-33-34-35-37-39-41-43-48(57)47(46-62-54-53(61)52(60)51(59)49(45-56)63-54)55-50(58)44-42-40-38-36-14-12-10-8-6-4-2/h30-31,34-35,41,43,47-49,51-54,56-57,59-61H,3-29,32-33,36-40,42,44-46H2,1-2H3,(H,55,58)/b31-30+,35-34+,43-41+. The minimum absolute atomic E-state index is 0.192. The van der Waals surface area contributed by atoms with Crippen molar-refractivity contribution < 1.29 is 39.8 Å². The molecule has 1 fully saturated rings. The summed E-state index contributed by atoms with van der Waals surface area (Å²) < 4.78 is 11.2. The zero-order chi connectivity index (χ0) is 45.9. The van der Waals surface area contributed by atoms with Crippen LogP contribution in [0, 0.1) is 0 Å². The fourth-order valence-corrected chi connectivity index (χ4v) is 8.42. The summed E-state index contributed by atoms with van der Waals surface area (Å²) in [6.07, 6.45) is 49.5. The van der Waals surface area contributed by atoms with Gasteiger partial charge >= 0.3 is 0 Å². The smallest absolute Gasteiger partial charge is 0.220 e. The summed E-state index contributed by atoms with van der Waals surface area (Å²) in [6.45, 7) is 3.75. The van der Waals surface area contributed by atoms with Crippen LogP contribution in [0.2, 0.25) is 0 Å². The van der Waals surface area contributed by atoms with Crippen molar-refractivity contribution in [3.8, 4) is 0 Å². The summed E-state index contributed by atoms with van der Waals surface area (Å²) in [5.41, 5.74) is 0. The van der Waals surface area contributed by atoms with Gasteiger partial charge in [-0.15, -0.1) is 0 Å². The molecule has 1 amide bonds. The third kappa shape index (κ3) is 34.4. The molecule has 1 heterocycles. The van der Waals surface area contributed by atoms with Gasteiger partial charge in [-0.1, -0.05) is 230 Å². The molecule has 1 rings (SSSR count). The zero-order valence-electron chi connectivity index (χ0n) is 40.8. The second-order valence-electron chi connectivity index (χ2n) is 18.7. The van der Waals surface area contributed by atoms with E-state index in [1.54, 1.807) is 6.08 Å². The fourth-order valence-electron chi connectivity index (χ4n) is 8.42. The van der Waals surface area contributed by atoms with Crippen LogP contribution in [-0.2, 0) is 14.3 Å². The Morgan fingerprint density at radius 2 is 0.905 bits per heavy atom. The number of nitrogens with one attached hydrogen (secondary N) is 1. The summed E-state index contributed by atoms with van der Waals surface area (Å²) in [7, 11) is 0. The van der Waals surface area contributed by atoms with Crippen molar-refractivity contribution >= 4 is 5.91 Å². The van der Waals surface area contributed by atoms with Crippen LogP contribution in [0.4, 0.5) is 0 Å². The van der Waals surface area contributed by atoms with E-state index in [1.807, 2.05) is 6.08 Å². The molecule has 0 spiro atoms. The van der Waals surface area contributed by atoms with E-state index in [0.717, 1.165) is 44.9 Å². The largest absolute Gasteiger partial charge is 0.394 e. The van der Waals surface area contributed by atoms with Gasteiger partial charge in [-0.05, 0) is 44.9 Å². The minimum Gasteiger partial charge on any atom is -0.394 e. The first kappa shape index (κ1) is 59.4. The van der Waals surface area contributed by atoms with Gasteiger partial charge in [0.1, 0.15) is 24.4 Å². The van der Waals surface area contributed by atoms with Crippen LogP contribution >= 0.6 is 0 Å². The van der Waals surface area contributed by atoms with Gasteiger partial charge in [0.25, 0.3) is 0 Å². The highest BCUT2D eigenvalue weighted by Crippen LogP contribution is 2.23. The third-order valence-corrected chi connectivity index (χ3v) is 12.7. The molecular formula is C54H101NO8. The third-order valence-electron chi connectivity index (χ3n) is 12.7. The molecule has 0 aliphatic carbocycles. The SMILES string of the molecule is CCCCCCCCCCCCCCCCCCCCCC/C=C/CC/C=C/CC/C=C/C(O)C(COC1OC(CO)C(O)C(O)C1O)NC(=O)CCCCCCCCCCCC. The number of amides is 1. The number of unbranched alkanes of at least 4 members (excludes halogenated alkanes) is 31. The summed E-state index contributed by atoms with van der Waals surface area (Å²) in [5.74, 6) is -0.192. The number of aliphatic hydroxyl groups is 5. The molecule has 1 aliphatic rings. The van der Waals surface area contributed by atoms with Crippen molar-refractivity contribution in [1.82, 2.24) is 5.32 Å². The van der Waals surface area contributed by atoms with Crippen LogP contribution in [0.25, 0.3) is 0 Å². The van der Waals surface area contributed by atoms with Gasteiger partial charge < -0.3 is 40.3 Å². The average molecular weight is 892 g/mol. The van der Waals surface area contributed by atoms with Gasteiger partial charge in [0.05, 0.1) is 25.4 Å². The second kappa shape index (κ2) is 44.3. The second-order valence-corrected chi connectivity index (χ2v) is 18.7. The average Bonchev–Trinajstić information content (AvgIpc) is 3.28. The van der Waals surface area contributed by atoms with Crippen molar-refractivity contribution in [1.29, 1.82) is 0 Å². The topological polar surface area (TPSA) is 149 Å². The number of aliphatic hydroxyl groups excluding tert-OH is 5. The Morgan fingerprint density at radius 3 is 1.33 bits per heavy atom. The van der Waals surface area contributed by atoms with Gasteiger partial charge in [0.2, 0.25) is 5.91 Å². The first-order valence-electron chi connectivity index (χ1n) is 26.7. The number of carbonyl (C=O) groups excluding carboxylic acids is 1. The lowest BCUT2D eigenvalue weighted by molar-refractivity contribution is -0.302. The number of hydrogen-bond acceptors (Lipinski definition) is 8. The summed E-state index contributed by atoms with van der Waals surface area (Å²) in [6, 6.07) is -0.824. The van der Waals surface area contributed by atoms with Crippen LogP contribution < -0.4 is 5.32 Å². The van der Waals surface area contributed by atoms with Gasteiger partial charge in [-0.3, -0.25) is 4.79 Å². The van der Waals surface area contributed by atoms with Crippen molar-refractivity contribution in [2.24, 2.45) is 0 Å². The maximum absolute atomic E-state index is 12.9. The summed E-state index contributed by atoms with van der Waals surface area (Å²) in [5, 5.41) is 54.2. The maximum atomic E-state index is 12.9. The van der Waals surface area contributed by atoms with Crippen molar-refractivity contribution in [2.45, 2.75) is 288 Å². The Kier molecular flexibility index (Phi) is 41.7. The number of ether oxygens (including phenoxy) is 2. The van der Waals surface area contributed by atoms with E-state index in [-0.39, 0.29) is 12.5 Å². The van der Waals surface area contributed by atoms with Crippen molar-refractivity contribution in [3.63, 3.8) is 0 Å². The molecule has 63 heavy (non-hydrogen) atoms. The quantitative estimate of drug-likeness (QED) is 0.0261. The molecule has 0 saturated carbocycles. The first-order valence-corrected chi connectivity index (χ1v) is 26.7. The van der Waals surface area contributed by atoms with E-state index in [9.17, 15) is 30.3 Å². The fraction of sp³-hybridized carbons (Fsp3) is 0.870. The Labute approximate surface area is 387 Å². The van der Waals surface area contributed by atoms with Gasteiger partial charge in [-0.25, -0.2) is 0 Å². The Balaban J connectivity index is 2.20. The lowest BCUT2D eigenvalue weighted by Gasteiger charge is -2.40. The van der Waals surface area contributed by atoms with Crippen LogP contribution in [0.15, 0.2) is 36.5 Å². The predicted molar refractivity (Wildman–Crippen MR) is 263 cm³/mol. The molecule has 7 unspecified atom stereocenters. The van der Waals surface area contributed by atoms with Crippen LogP contribution in [0.3, 0.4) is 0 Å². The number of hydrogen-bond donors (Lipinski definition) is 6. The van der Waals surface area contributed by atoms with Gasteiger partial charge in [0.15, 0.2) is 6.29 Å². The molecule has 0 bridgehead atoms. The predicted octanol–water partition coefficient (Wildman–Crippen LogP) is 12.4. The normalized spacial score (nSPS) is 20.4. The number of allylic oxidation sites excluding steroid dienone is 5. The first-order chi connectivity index (χ1) is 30.8. The molecule has 0 aromatic rings. The Morgan fingerprint density at radius 1 is 0.524 bits per heavy atom. The van der Waals surface area contributed by atoms with Crippen LogP contribution in [0.1, 0.15) is 245 Å². The molecule has 0 aromatic heterocycles. The van der Waals surface area contributed by atoms with E-state index in [2.05, 4.69) is 43.5 Å². The molecule has 370 valence electrons. The van der Waals surface area contributed by atoms with E-state index < -0.39 is 49.5 Å². The van der Waals surface area contributed by atoms with Crippen LogP contribution in [0.5, 0.6) is 0 Å². The highest BCUT2D eigenvalue weighted by atomic mass is 16.7. The van der Waals surface area contributed by atoms with Gasteiger partial charge in [0, 0.05) is 6.42 Å². The van der Waals surface area contributed by atoms with Crippen LogP contribution in [-0.4, -0.2) is 87.5 Å². The molecule has 0 aromatic carbocycles. The highest BCUT2D eigenvalue weighted by molar-refractivity contribution is 5.76. The van der Waals surface area contributed by atoms with Crippen molar-refractivity contribution in [2.75, 3.05) is 13.2 Å². The lowest BCUT2D eigenvalue weighted by Crippen LogP contribution is -2.60. The van der Waals surface area contributed by atoms with Gasteiger partial charge in [-0.2, -0.15) is 0 Å². The number of rotatable bonds is 45. The molecule has 9 heteroatoms. The monoisotopic (exact) mass is 892 g/mol. The highest BCUT2D eigenvalue weighted by Gasteiger charge is 2.44. The summed E-state index contributed by atoms with van der Waals surface area (Å²) >= 11 is 0. The molecule has 1 saturated heterocycles. The lowest BCUT2D eigenvalue weighted by atomic mass is 9.99. The van der Waals surface area contributed by atoms with E-state index in [4.69, 9.17) is 9.47 Å². The molecular weight excluding hydrogens is 791 g/mol. The van der Waals surface area contributed by atoms with E-state index >= 15 is 0 Å². The minimum atomic E-state index is -1.57. The molecule has 7 atom stereocenters. The van der Waals surface area contributed by atoms with E-state index in [1.165, 1.54) is 180 Å². The molecule has 9 nitrogen and oxygen atoms in total. The summed E-state index contributed by atoms with van der Waals surface area (Å²) in [4.78, 5) is 12.9. The van der Waals surface area contributed by atoms with Crippen molar-refractivity contribution in [3.05, 3.63) is 36.5 Å². The molecule has 6 N–H and O–H groups in total. The Hall–Kier alpha value is -1.59. The zero-order valence-corrected chi connectivity index (χ0v) is 40.8. The Bertz CT molecular complexity index is 1080. The maximum Gasteiger partial charge on any atom is 0.220 e. The number of carbonyl (C=O) groups is 1.